The number of Topliss-reactive ketones (excluding diaryl/α,β-unsaturated/α-hetero) is 1. The van der Waals surface area contributed by atoms with E-state index in [1.54, 1.807) is 0 Å². The van der Waals surface area contributed by atoms with Gasteiger partial charge in [-0.3, -0.25) is 9.59 Å². The van der Waals surface area contributed by atoms with E-state index in [9.17, 15) is 35.1 Å². The Morgan fingerprint density at radius 1 is 0.750 bits per heavy atom. The Morgan fingerprint density at radius 2 is 1.22 bits per heavy atom. The molecule has 0 fully saturated rings. The third-order valence-electron chi connectivity index (χ3n) is 5.85. The number of ketones is 1. The van der Waals surface area contributed by atoms with Crippen LogP contribution >= 0.6 is 0 Å². The molecule has 5 N–H and O–H groups in total. The van der Waals surface area contributed by atoms with Gasteiger partial charge in [-0.25, -0.2) is 0 Å². The van der Waals surface area contributed by atoms with Crippen LogP contribution in [0.3, 0.4) is 0 Å². The Labute approximate surface area is 193 Å². The van der Waals surface area contributed by atoms with Crippen LogP contribution in [-0.4, -0.2) is 74.4 Å². The van der Waals surface area contributed by atoms with Crippen molar-refractivity contribution in [3.05, 3.63) is 0 Å². The molecule has 32 heavy (non-hydrogen) atoms. The molecule has 0 aromatic rings. The third kappa shape index (κ3) is 11.2. The molecule has 0 saturated heterocycles. The summed E-state index contributed by atoms with van der Waals surface area (Å²) in [6.07, 6.45) is 5.31. The van der Waals surface area contributed by atoms with E-state index in [1.807, 2.05) is 0 Å². The van der Waals surface area contributed by atoms with E-state index in [0.717, 1.165) is 64.2 Å². The number of hydrogen-bond donors (Lipinski definition) is 5. The number of carbonyl (C=O) groups is 2. The van der Waals surface area contributed by atoms with Crippen LogP contribution in [0.25, 0.3) is 0 Å². The van der Waals surface area contributed by atoms with E-state index in [4.69, 9.17) is 4.74 Å². The second-order valence-electron chi connectivity index (χ2n) is 8.64. The van der Waals surface area contributed by atoms with Gasteiger partial charge in [0.05, 0.1) is 13.2 Å². The Kier molecular flexibility index (Phi) is 17.8. The molecule has 0 aliphatic rings. The average molecular weight is 463 g/mol. The fourth-order valence-electron chi connectivity index (χ4n) is 3.75. The van der Waals surface area contributed by atoms with Gasteiger partial charge in [0.15, 0.2) is 17.5 Å². The Hall–Kier alpha value is -1.06. The molecule has 0 spiro atoms. The molecule has 0 unspecified atom stereocenters. The normalized spacial score (nSPS) is 16.2. The first-order valence-corrected chi connectivity index (χ1v) is 12.3. The minimum atomic E-state index is -2.71. The van der Waals surface area contributed by atoms with Crippen molar-refractivity contribution in [3.8, 4) is 0 Å². The lowest BCUT2D eigenvalue weighted by molar-refractivity contribution is -0.210. The van der Waals surface area contributed by atoms with Gasteiger partial charge in [-0.05, 0) is 12.8 Å². The fraction of sp³-hybridized carbons (Fsp3) is 0.917. The highest BCUT2D eigenvalue weighted by Crippen LogP contribution is 2.27. The highest BCUT2D eigenvalue weighted by Gasteiger charge is 2.53. The monoisotopic (exact) mass is 462 g/mol. The lowest BCUT2D eigenvalue weighted by Crippen LogP contribution is -2.64. The maximum absolute atomic E-state index is 12.9. The maximum atomic E-state index is 12.9. The van der Waals surface area contributed by atoms with E-state index in [0.29, 0.717) is 12.8 Å². The number of rotatable bonds is 21. The number of aliphatic hydroxyl groups is 5. The summed E-state index contributed by atoms with van der Waals surface area (Å²) in [6.45, 7) is 2.35. The van der Waals surface area contributed by atoms with Crippen LogP contribution in [0.4, 0.5) is 0 Å². The molecule has 8 heteroatoms. The van der Waals surface area contributed by atoms with Gasteiger partial charge in [0.25, 0.3) is 0 Å². The fourth-order valence-corrected chi connectivity index (χ4v) is 3.75. The molecule has 0 aliphatic carbocycles. The van der Waals surface area contributed by atoms with Crippen LogP contribution in [0.1, 0.15) is 104 Å². The number of esters is 1. The second-order valence-corrected chi connectivity index (χ2v) is 8.64. The number of carbonyl (C=O) groups excluding carboxylic acids is 2. The predicted octanol–water partition coefficient (Wildman–Crippen LogP) is 2.41. The number of hydrogen-bond acceptors (Lipinski definition) is 8. The number of ether oxygens (including phenoxy) is 1. The summed E-state index contributed by atoms with van der Waals surface area (Å²) in [5.41, 5.74) is -2.71. The van der Waals surface area contributed by atoms with Crippen molar-refractivity contribution in [2.75, 3.05) is 13.2 Å². The summed E-state index contributed by atoms with van der Waals surface area (Å²) in [5, 5.41) is 50.3. The van der Waals surface area contributed by atoms with Crippen LogP contribution in [0.5, 0.6) is 0 Å². The van der Waals surface area contributed by atoms with Crippen molar-refractivity contribution in [1.82, 2.24) is 0 Å². The first-order valence-electron chi connectivity index (χ1n) is 12.3. The summed E-state index contributed by atoms with van der Waals surface area (Å²) < 4.78 is 5.21. The molecule has 0 heterocycles. The molecule has 8 nitrogen and oxygen atoms in total. The minimum absolute atomic E-state index is 0.0255. The van der Waals surface area contributed by atoms with Crippen molar-refractivity contribution in [2.45, 2.75) is 128 Å². The smallest absolute Gasteiger partial charge is 0.306 e. The van der Waals surface area contributed by atoms with Gasteiger partial charge < -0.3 is 30.3 Å². The molecule has 0 rings (SSSR count). The van der Waals surface area contributed by atoms with E-state index < -0.39 is 48.9 Å². The number of unbranched alkanes of at least 4 members (excludes halogenated alkanes) is 10. The summed E-state index contributed by atoms with van der Waals surface area (Å²) in [4.78, 5) is 25.2. The van der Waals surface area contributed by atoms with Crippen LogP contribution in [-0.2, 0) is 14.3 Å². The first kappa shape index (κ1) is 30.9. The lowest BCUT2D eigenvalue weighted by atomic mass is 9.81. The number of aliphatic hydroxyl groups excluding tert-OH is 4. The first-order chi connectivity index (χ1) is 15.3. The molecule has 0 bridgehead atoms. The van der Waals surface area contributed by atoms with Crippen LogP contribution in [0.2, 0.25) is 0 Å². The summed E-state index contributed by atoms with van der Waals surface area (Å²) >= 11 is 0. The van der Waals surface area contributed by atoms with Crippen LogP contribution in [0, 0.1) is 0 Å². The predicted molar refractivity (Wildman–Crippen MR) is 122 cm³/mol. The Bertz CT molecular complexity index is 498. The van der Waals surface area contributed by atoms with Gasteiger partial charge in [0.1, 0.15) is 12.2 Å². The minimum Gasteiger partial charge on any atom is -0.456 e. The molecule has 0 saturated carbocycles. The summed E-state index contributed by atoms with van der Waals surface area (Å²) in [6, 6.07) is 0. The Balaban J connectivity index is 5.11. The van der Waals surface area contributed by atoms with Gasteiger partial charge in [-0.15, -0.1) is 0 Å². The molecular weight excluding hydrogens is 416 g/mol. The van der Waals surface area contributed by atoms with Crippen LogP contribution < -0.4 is 0 Å². The average Bonchev–Trinajstić information content (AvgIpc) is 2.80. The zero-order valence-corrected chi connectivity index (χ0v) is 20.0. The van der Waals surface area contributed by atoms with E-state index >= 15 is 0 Å². The van der Waals surface area contributed by atoms with Crippen molar-refractivity contribution in [2.24, 2.45) is 0 Å². The van der Waals surface area contributed by atoms with Gasteiger partial charge in [-0.2, -0.15) is 0 Å². The maximum Gasteiger partial charge on any atom is 0.306 e. The second kappa shape index (κ2) is 18.4. The molecule has 190 valence electrons. The quantitative estimate of drug-likeness (QED) is 0.129. The summed E-state index contributed by atoms with van der Waals surface area (Å²) in [7, 11) is 0. The highest BCUT2D eigenvalue weighted by molar-refractivity contribution is 5.89. The zero-order valence-electron chi connectivity index (χ0n) is 20.0. The van der Waals surface area contributed by atoms with Crippen LogP contribution in [0.15, 0.2) is 0 Å². The van der Waals surface area contributed by atoms with E-state index in [1.165, 1.54) is 0 Å². The SMILES string of the molecule is CCCCCCCCC(=O)O[C@H]([C@H](O)CO)[C@@](O)(C(=O)CCCCCCCC)[C@@H](O)CO. The van der Waals surface area contributed by atoms with E-state index in [-0.39, 0.29) is 12.8 Å². The Morgan fingerprint density at radius 3 is 1.69 bits per heavy atom. The molecule has 0 radical (unpaired) electrons. The molecule has 4 atom stereocenters. The molecule has 0 aromatic heterocycles. The summed E-state index contributed by atoms with van der Waals surface area (Å²) in [5.74, 6) is -1.58. The highest BCUT2D eigenvalue weighted by atomic mass is 16.6. The van der Waals surface area contributed by atoms with Gasteiger partial charge in [-0.1, -0.05) is 78.1 Å². The van der Waals surface area contributed by atoms with Crippen molar-refractivity contribution in [1.29, 1.82) is 0 Å². The van der Waals surface area contributed by atoms with Crippen molar-refractivity contribution < 1.29 is 39.9 Å². The van der Waals surface area contributed by atoms with Gasteiger partial charge >= 0.3 is 5.97 Å². The third-order valence-corrected chi connectivity index (χ3v) is 5.85. The van der Waals surface area contributed by atoms with Gasteiger partial charge in [0.2, 0.25) is 0 Å². The van der Waals surface area contributed by atoms with E-state index in [2.05, 4.69) is 13.8 Å². The molecule has 0 aliphatic heterocycles. The van der Waals surface area contributed by atoms with Crippen molar-refractivity contribution >= 4 is 11.8 Å². The van der Waals surface area contributed by atoms with Crippen molar-refractivity contribution in [3.63, 3.8) is 0 Å². The molecular formula is C24H46O8. The topological polar surface area (TPSA) is 145 Å². The zero-order chi connectivity index (χ0) is 24.4. The lowest BCUT2D eigenvalue weighted by Gasteiger charge is -2.39. The standard InChI is InChI=1S/C24H46O8/c1-3-5-7-9-11-13-15-20(28)24(31,21(29)18-26)23(19(27)17-25)32-22(30)16-14-12-10-8-6-4-2/h19,21,23,25-27,29,31H,3-18H2,1-2H3/t19-,21+,23-,24-/m1/s1. The molecule has 0 amide bonds. The molecule has 0 aromatic carbocycles. The largest absolute Gasteiger partial charge is 0.456 e. The van der Waals surface area contributed by atoms with Gasteiger partial charge in [0, 0.05) is 12.8 Å².